The fraction of sp³-hybridized carbons (Fsp3) is 0. The Morgan fingerprint density at radius 3 is 0.625 bits per heavy atom. The van der Waals surface area contributed by atoms with Gasteiger partial charge in [-0.15, -0.1) is 0 Å². The van der Waals surface area contributed by atoms with Crippen molar-refractivity contribution in [3.8, 4) is 0 Å². The van der Waals surface area contributed by atoms with Gasteiger partial charge in [-0.25, -0.2) is 0 Å². The van der Waals surface area contributed by atoms with Gasteiger partial charge in [-0.05, 0) is 0 Å². The summed E-state index contributed by atoms with van der Waals surface area (Å²) >= 11 is -2.81. The van der Waals surface area contributed by atoms with E-state index in [9.17, 15) is 0 Å². The number of rotatable bonds is 0. The zero-order valence-corrected chi connectivity index (χ0v) is 15.4. The molecule has 0 N–H and O–H groups in total. The van der Waals surface area contributed by atoms with Gasteiger partial charge in [0.05, 0.1) is 0 Å². The third kappa shape index (κ3) is 44.9. The van der Waals surface area contributed by atoms with E-state index >= 15 is 0 Å². The average Bonchev–Trinajstić information content (AvgIpc) is 0.722. The summed E-state index contributed by atoms with van der Waals surface area (Å²) in [6.45, 7) is 0. The van der Waals surface area contributed by atoms with E-state index in [1.807, 2.05) is 0 Å². The maximum atomic E-state index is 4.98. The van der Waals surface area contributed by atoms with Gasteiger partial charge in [-0.3, -0.25) is 0 Å². The molecule has 0 atom stereocenters. The van der Waals surface area contributed by atoms with Crippen LogP contribution in [0, 0.1) is 0 Å². The maximum absolute atomic E-state index is 4.98. The molecule has 0 aromatic rings. The molecule has 0 aromatic carbocycles. The Balaban J connectivity index is -0.0000000267. The third-order valence-corrected chi connectivity index (χ3v) is 0. The van der Waals surface area contributed by atoms with Crippen LogP contribution in [0.4, 0.5) is 0 Å². The van der Waals surface area contributed by atoms with Crippen LogP contribution in [0.2, 0.25) is 0 Å². The molecule has 0 rings (SSSR count). The van der Waals surface area contributed by atoms with Crippen molar-refractivity contribution in [2.75, 3.05) is 0 Å². The van der Waals surface area contributed by atoms with Crippen molar-refractivity contribution in [2.24, 2.45) is 0 Å². The molecule has 0 bridgehead atoms. The van der Waals surface area contributed by atoms with Gasteiger partial charge in [-0.1, -0.05) is 0 Å². The molecule has 0 saturated heterocycles. The summed E-state index contributed by atoms with van der Waals surface area (Å²) < 4.78 is 0. The molecule has 0 saturated carbocycles. The van der Waals surface area contributed by atoms with Crippen molar-refractivity contribution < 1.29 is 100 Å². The van der Waals surface area contributed by atoms with Gasteiger partial charge >= 0.3 is 138 Å². The Morgan fingerprint density at radius 1 is 0.625 bits per heavy atom. The number of halogens is 4. The molecule has 0 aliphatic heterocycles. The second-order valence-electron chi connectivity index (χ2n) is 0.271. The van der Waals surface area contributed by atoms with Gasteiger partial charge in [-0.2, -0.15) is 0 Å². The zero-order valence-electron chi connectivity index (χ0n) is 4.83. The fourth-order valence-electron chi connectivity index (χ4n) is 0. The average molecular weight is 317 g/mol. The Hall–Kier alpha value is 4.82. The van der Waals surface area contributed by atoms with E-state index in [1.54, 1.807) is 0 Å². The quantitative estimate of drug-likeness (QED) is 0.390. The fourth-order valence-corrected chi connectivity index (χ4v) is 0. The first-order valence-electron chi connectivity index (χ1n) is 0.478. The summed E-state index contributed by atoms with van der Waals surface area (Å²) in [5.41, 5.74) is 0. The van der Waals surface area contributed by atoms with Crippen LogP contribution in [-0.2, 0) is 11.5 Å². The first-order valence-corrected chi connectivity index (χ1v) is 8.49. The van der Waals surface area contributed by atoms with E-state index in [4.69, 9.17) is 38.1 Å². The van der Waals surface area contributed by atoms with Crippen molar-refractivity contribution in [1.82, 2.24) is 0 Å². The van der Waals surface area contributed by atoms with Crippen LogP contribution in [0.15, 0.2) is 0 Å². The van der Waals surface area contributed by atoms with Crippen LogP contribution in [-0.4, -0.2) is 0 Å². The predicted octanol–water partition coefficient (Wildman–Crippen LogP) is -6.23. The van der Waals surface area contributed by atoms with Gasteiger partial charge in [0.1, 0.15) is 0 Å². The molecule has 0 heterocycles. The Kier molecular flexibility index (Phi) is 34.0. The van der Waals surface area contributed by atoms with Gasteiger partial charge in [0.25, 0.3) is 0 Å². The van der Waals surface area contributed by atoms with E-state index in [1.165, 1.54) is 0 Å². The number of hydrogen-bond acceptors (Lipinski definition) is 0. The summed E-state index contributed by atoms with van der Waals surface area (Å²) in [6.07, 6.45) is 0. The first-order chi connectivity index (χ1) is 2.00. The molecule has 0 aliphatic rings. The second-order valence-corrected chi connectivity index (χ2v) is 14.4. The Bertz CT molecular complexity index is 26.8. The summed E-state index contributed by atoms with van der Waals surface area (Å²) in [5, 5.41) is 0. The summed E-state index contributed by atoms with van der Waals surface area (Å²) in [5.74, 6) is 0. The minimum atomic E-state index is -2.81. The van der Waals surface area contributed by atoms with Crippen LogP contribution in [0.3, 0.4) is 0 Å². The van der Waals surface area contributed by atoms with Crippen molar-refractivity contribution in [2.45, 2.75) is 0 Å². The minimum absolute atomic E-state index is 0. The van der Waals surface area contributed by atoms with E-state index in [2.05, 4.69) is 0 Å². The van der Waals surface area contributed by atoms with Gasteiger partial charge in [0.15, 0.2) is 0 Å². The van der Waals surface area contributed by atoms with Crippen molar-refractivity contribution in [3.05, 3.63) is 0 Å². The van der Waals surface area contributed by atoms with E-state index < -0.39 is 11.5 Å². The topological polar surface area (TPSA) is 0 Å². The van der Waals surface area contributed by atoms with E-state index in [0.717, 1.165) is 0 Å². The molecule has 41 valence electrons. The predicted molar refractivity (Wildman–Crippen MR) is 23.4 cm³/mol. The van der Waals surface area contributed by atoms with Crippen molar-refractivity contribution in [1.29, 1.82) is 0 Å². The molecule has 8 heavy (non-hydrogen) atoms. The van der Waals surface area contributed by atoms with Crippen LogP contribution in [0.5, 0.6) is 0 Å². The van der Waals surface area contributed by atoms with Crippen LogP contribution in [0.1, 0.15) is 0 Å². The molecular weight excluding hydrogens is 317 g/mol. The molecule has 8 heteroatoms. The molecule has 0 aromatic heterocycles. The second kappa shape index (κ2) is 11.8. The van der Waals surface area contributed by atoms with Gasteiger partial charge in [0, 0.05) is 0 Å². The Labute approximate surface area is 135 Å². The first kappa shape index (κ1) is 23.0. The van der Waals surface area contributed by atoms with E-state index in [0.29, 0.717) is 0 Å². The third-order valence-electron chi connectivity index (χ3n) is 0. The monoisotopic (exact) mass is 315 g/mol. The summed E-state index contributed by atoms with van der Waals surface area (Å²) in [7, 11) is 19.9. The normalized spacial score (nSPS) is 9.50. The molecule has 0 radical (unpaired) electrons. The summed E-state index contributed by atoms with van der Waals surface area (Å²) in [4.78, 5) is 0. The zero-order chi connectivity index (χ0) is 4.50. The Morgan fingerprint density at radius 2 is 0.625 bits per heavy atom. The van der Waals surface area contributed by atoms with Crippen LogP contribution < -0.4 is 88.7 Å². The largest absolute Gasteiger partial charge is 1.00 e. The molecule has 0 nitrogen and oxygen atoms in total. The summed E-state index contributed by atoms with van der Waals surface area (Å²) in [6, 6.07) is 0. The smallest absolute Gasteiger partial charge is 1.00 e. The number of hydrogen-bond donors (Lipinski definition) is 0. The molecule has 0 unspecified atom stereocenters. The van der Waals surface area contributed by atoms with Crippen LogP contribution >= 0.6 is 38.1 Å². The van der Waals surface area contributed by atoms with Crippen molar-refractivity contribution in [3.63, 3.8) is 0 Å². The minimum Gasteiger partial charge on any atom is 1.00 e. The molecule has 0 amide bonds. The van der Waals surface area contributed by atoms with Gasteiger partial charge < -0.3 is 0 Å². The standard InChI is InChI=1S/4ClH.3Na.Pd/h4*1H;;;;/q;;;;4*+1/p-4. The molecule has 0 fully saturated rings. The molecule has 0 aliphatic carbocycles. The molecular formula is Cl4Na3Pd. The molecule has 0 spiro atoms. The van der Waals surface area contributed by atoms with Crippen molar-refractivity contribution >= 4 is 38.1 Å². The van der Waals surface area contributed by atoms with Gasteiger partial charge in [0.2, 0.25) is 0 Å². The van der Waals surface area contributed by atoms with E-state index in [-0.39, 0.29) is 88.7 Å². The SMILES string of the molecule is [Cl][Pd-3]([Cl])([Cl])[Cl].[Na+].[Na+].[Na+]. The maximum Gasteiger partial charge on any atom is 1.00 e. The van der Waals surface area contributed by atoms with Crippen LogP contribution in [0.25, 0.3) is 0 Å².